The number of para-hydroxylation sites is 1. The Morgan fingerprint density at radius 2 is 1.48 bits per heavy atom. The molecule has 2 amide bonds. The van der Waals surface area contributed by atoms with E-state index in [1.165, 1.54) is 10.5 Å². The highest BCUT2D eigenvalue weighted by atomic mass is 35.5. The molecule has 2 aliphatic rings. The highest BCUT2D eigenvalue weighted by Crippen LogP contribution is 2.39. The lowest BCUT2D eigenvalue weighted by molar-refractivity contribution is -0.120. The van der Waals surface area contributed by atoms with Crippen LogP contribution < -0.4 is 4.90 Å². The summed E-state index contributed by atoms with van der Waals surface area (Å²) in [5.74, 6) is -0.717. The van der Waals surface area contributed by atoms with Gasteiger partial charge in [0.15, 0.2) is 0 Å². The summed E-state index contributed by atoms with van der Waals surface area (Å²) in [6, 6.07) is 22.1. The van der Waals surface area contributed by atoms with Gasteiger partial charge in [0, 0.05) is 23.7 Å². The van der Waals surface area contributed by atoms with Crippen molar-refractivity contribution in [1.29, 1.82) is 0 Å². The van der Waals surface area contributed by atoms with Crippen molar-refractivity contribution in [3.63, 3.8) is 0 Å². The van der Waals surface area contributed by atoms with Crippen molar-refractivity contribution in [2.75, 3.05) is 11.4 Å². The SMILES string of the molecule is O=C1C(c2ccc(Cl)cc2Cl)=C(N2CCc3ccccc3C2)C(=O)N1c1ccccc1. The number of nitrogens with zero attached hydrogens (tertiary/aromatic N) is 2. The summed E-state index contributed by atoms with van der Waals surface area (Å²) < 4.78 is 0. The fourth-order valence-electron chi connectivity index (χ4n) is 4.24. The number of hydrogen-bond donors (Lipinski definition) is 0. The van der Waals surface area contributed by atoms with Crippen molar-refractivity contribution in [3.8, 4) is 0 Å². The summed E-state index contributed by atoms with van der Waals surface area (Å²) in [7, 11) is 0. The summed E-state index contributed by atoms with van der Waals surface area (Å²) in [5, 5.41) is 0.813. The standard InChI is InChI=1S/C25H18Cl2N2O2/c26-18-10-11-20(21(27)14-18)22-23(28-13-12-16-6-4-5-7-17(16)15-28)25(31)29(24(22)30)19-8-2-1-3-9-19/h1-11,14H,12-13,15H2. The first kappa shape index (κ1) is 19.9. The molecular formula is C25H18Cl2N2O2. The van der Waals surface area contributed by atoms with Crippen molar-refractivity contribution in [3.05, 3.63) is 105 Å². The van der Waals surface area contributed by atoms with Crippen LogP contribution in [0.15, 0.2) is 78.5 Å². The van der Waals surface area contributed by atoms with Gasteiger partial charge in [0.05, 0.1) is 16.3 Å². The Morgan fingerprint density at radius 1 is 0.774 bits per heavy atom. The second-order valence-corrected chi connectivity index (χ2v) is 8.41. The maximum atomic E-state index is 13.6. The number of carbonyl (C=O) groups is 2. The molecule has 0 aliphatic carbocycles. The van der Waals surface area contributed by atoms with Crippen LogP contribution in [0.4, 0.5) is 5.69 Å². The Morgan fingerprint density at radius 3 is 2.23 bits per heavy atom. The molecule has 0 atom stereocenters. The van der Waals surface area contributed by atoms with Gasteiger partial charge in [-0.1, -0.05) is 71.7 Å². The lowest BCUT2D eigenvalue weighted by atomic mass is 9.98. The van der Waals surface area contributed by atoms with Crippen LogP contribution in [-0.4, -0.2) is 23.3 Å². The van der Waals surface area contributed by atoms with E-state index >= 15 is 0 Å². The zero-order valence-corrected chi connectivity index (χ0v) is 18.0. The van der Waals surface area contributed by atoms with Gasteiger partial charge >= 0.3 is 0 Å². The first-order valence-electron chi connectivity index (χ1n) is 10.00. The summed E-state index contributed by atoms with van der Waals surface area (Å²) >= 11 is 12.6. The molecule has 0 N–H and O–H groups in total. The molecule has 31 heavy (non-hydrogen) atoms. The molecule has 0 unspecified atom stereocenters. The maximum absolute atomic E-state index is 13.6. The van der Waals surface area contributed by atoms with E-state index in [9.17, 15) is 9.59 Å². The quantitative estimate of drug-likeness (QED) is 0.507. The molecule has 0 spiro atoms. The number of rotatable bonds is 3. The van der Waals surface area contributed by atoms with Crippen LogP contribution in [0.2, 0.25) is 10.0 Å². The fraction of sp³-hybridized carbons (Fsp3) is 0.120. The first-order valence-corrected chi connectivity index (χ1v) is 10.8. The van der Waals surface area contributed by atoms with Crippen LogP contribution >= 0.6 is 23.2 Å². The van der Waals surface area contributed by atoms with Crippen LogP contribution in [-0.2, 0) is 22.6 Å². The topological polar surface area (TPSA) is 40.6 Å². The molecule has 0 radical (unpaired) electrons. The molecule has 4 nitrogen and oxygen atoms in total. The van der Waals surface area contributed by atoms with Crippen LogP contribution in [0.1, 0.15) is 16.7 Å². The van der Waals surface area contributed by atoms with Crippen LogP contribution in [0.5, 0.6) is 0 Å². The first-order chi connectivity index (χ1) is 15.0. The molecule has 5 rings (SSSR count). The van der Waals surface area contributed by atoms with Crippen molar-refractivity contribution in [1.82, 2.24) is 4.90 Å². The highest BCUT2D eigenvalue weighted by Gasteiger charge is 2.43. The van der Waals surface area contributed by atoms with Crippen LogP contribution in [0, 0.1) is 0 Å². The Balaban J connectivity index is 1.65. The molecule has 0 saturated carbocycles. The monoisotopic (exact) mass is 448 g/mol. The zero-order valence-electron chi connectivity index (χ0n) is 16.5. The van der Waals surface area contributed by atoms with Crippen LogP contribution in [0.3, 0.4) is 0 Å². The number of benzene rings is 3. The Bertz CT molecular complexity index is 1240. The van der Waals surface area contributed by atoms with Gasteiger partial charge in [0.2, 0.25) is 0 Å². The summed E-state index contributed by atoms with van der Waals surface area (Å²) in [6.45, 7) is 1.20. The normalized spacial score (nSPS) is 16.2. The van der Waals surface area contributed by atoms with Crippen molar-refractivity contribution in [2.45, 2.75) is 13.0 Å². The Labute approximate surface area is 190 Å². The third-order valence-electron chi connectivity index (χ3n) is 5.72. The number of amides is 2. The number of hydrogen-bond acceptors (Lipinski definition) is 3. The number of halogens is 2. The second-order valence-electron chi connectivity index (χ2n) is 7.57. The van der Waals surface area contributed by atoms with Gasteiger partial charge in [0.1, 0.15) is 5.70 Å². The highest BCUT2D eigenvalue weighted by molar-refractivity contribution is 6.47. The van der Waals surface area contributed by atoms with E-state index in [0.29, 0.717) is 45.7 Å². The molecule has 0 bridgehead atoms. The molecule has 3 aromatic rings. The zero-order chi connectivity index (χ0) is 21.5. The van der Waals surface area contributed by atoms with E-state index in [0.717, 1.165) is 12.0 Å². The van der Waals surface area contributed by atoms with E-state index in [1.807, 2.05) is 23.1 Å². The molecule has 0 aromatic heterocycles. The molecule has 6 heteroatoms. The maximum Gasteiger partial charge on any atom is 0.282 e. The smallest absolute Gasteiger partial charge is 0.282 e. The van der Waals surface area contributed by atoms with Gasteiger partial charge < -0.3 is 4.90 Å². The Kier molecular flexibility index (Phi) is 5.05. The lowest BCUT2D eigenvalue weighted by Gasteiger charge is -2.31. The summed E-state index contributed by atoms with van der Waals surface area (Å²) in [4.78, 5) is 30.4. The summed E-state index contributed by atoms with van der Waals surface area (Å²) in [5.41, 5.74) is 4.16. The van der Waals surface area contributed by atoms with Gasteiger partial charge in [-0.15, -0.1) is 0 Å². The second kappa shape index (κ2) is 7.88. The van der Waals surface area contributed by atoms with Gasteiger partial charge in [-0.25, -0.2) is 4.90 Å². The number of anilines is 1. The molecule has 3 aromatic carbocycles. The lowest BCUT2D eigenvalue weighted by Crippen LogP contribution is -2.37. The van der Waals surface area contributed by atoms with Gasteiger partial charge in [0.25, 0.3) is 11.8 Å². The fourth-order valence-corrected chi connectivity index (χ4v) is 4.75. The van der Waals surface area contributed by atoms with Gasteiger partial charge in [-0.3, -0.25) is 9.59 Å². The average Bonchev–Trinajstić information content (AvgIpc) is 3.04. The summed E-state index contributed by atoms with van der Waals surface area (Å²) in [6.07, 6.45) is 0.800. The predicted molar refractivity (Wildman–Crippen MR) is 123 cm³/mol. The third kappa shape index (κ3) is 3.42. The van der Waals surface area contributed by atoms with E-state index in [1.54, 1.807) is 42.5 Å². The van der Waals surface area contributed by atoms with Crippen molar-refractivity contribution < 1.29 is 9.59 Å². The van der Waals surface area contributed by atoms with Gasteiger partial charge in [-0.2, -0.15) is 0 Å². The van der Waals surface area contributed by atoms with E-state index in [-0.39, 0.29) is 11.8 Å². The predicted octanol–water partition coefficient (Wildman–Crippen LogP) is 5.34. The van der Waals surface area contributed by atoms with Crippen molar-refractivity contribution in [2.24, 2.45) is 0 Å². The minimum absolute atomic E-state index is 0.315. The number of fused-ring (bicyclic) bond motifs is 1. The number of carbonyl (C=O) groups excluding carboxylic acids is 2. The van der Waals surface area contributed by atoms with E-state index in [4.69, 9.17) is 23.2 Å². The number of imide groups is 1. The van der Waals surface area contributed by atoms with E-state index in [2.05, 4.69) is 12.1 Å². The van der Waals surface area contributed by atoms with Gasteiger partial charge in [-0.05, 0) is 41.8 Å². The molecule has 154 valence electrons. The van der Waals surface area contributed by atoms with Crippen molar-refractivity contribution >= 4 is 46.3 Å². The average molecular weight is 449 g/mol. The minimum atomic E-state index is -0.380. The molecule has 0 saturated heterocycles. The van der Waals surface area contributed by atoms with Crippen LogP contribution in [0.25, 0.3) is 5.57 Å². The minimum Gasteiger partial charge on any atom is -0.362 e. The Hall–Kier alpha value is -3.08. The molecule has 2 aliphatic heterocycles. The molecule has 0 fully saturated rings. The third-order valence-corrected chi connectivity index (χ3v) is 6.27. The molecule has 2 heterocycles. The largest absolute Gasteiger partial charge is 0.362 e. The molecular weight excluding hydrogens is 431 g/mol. The van der Waals surface area contributed by atoms with E-state index < -0.39 is 0 Å².